The number of furan rings is 1. The van der Waals surface area contributed by atoms with Crippen LogP contribution in [-0.4, -0.2) is 62.3 Å². The zero-order chi connectivity index (χ0) is 19.0. The molecule has 1 unspecified atom stereocenters. The second kappa shape index (κ2) is 10.3. The molecular formula is C22H36N4O2. The summed E-state index contributed by atoms with van der Waals surface area (Å²) in [7, 11) is 0. The molecule has 1 saturated carbocycles. The first-order valence-corrected chi connectivity index (χ1v) is 11.2. The standard InChI is InChI=1S/C22H36N4O2/c1-2-5-19(4-1)24-22(23-11-7-21-6-3-14-28-21)25-20-8-12-26(13-9-20)16-18-10-15-27-17-18/h3,6,14,18-20H,1-2,4-5,7-13,15-17H2,(H2,23,24,25). The van der Waals surface area contributed by atoms with Crippen molar-refractivity contribution in [2.45, 2.75) is 63.5 Å². The Balaban J connectivity index is 1.25. The number of guanidine groups is 1. The average Bonchev–Trinajstić information content (AvgIpc) is 3.47. The Morgan fingerprint density at radius 3 is 2.54 bits per heavy atom. The molecule has 1 atom stereocenters. The van der Waals surface area contributed by atoms with Crippen LogP contribution in [0, 0.1) is 5.92 Å². The molecule has 0 amide bonds. The number of piperidine rings is 1. The van der Waals surface area contributed by atoms with E-state index in [0.717, 1.165) is 43.8 Å². The molecular weight excluding hydrogens is 352 g/mol. The molecule has 3 heterocycles. The molecule has 2 saturated heterocycles. The highest BCUT2D eigenvalue weighted by Gasteiger charge is 2.25. The molecule has 0 radical (unpaired) electrons. The third kappa shape index (κ3) is 5.98. The molecule has 6 heteroatoms. The van der Waals surface area contributed by atoms with Crippen LogP contribution >= 0.6 is 0 Å². The summed E-state index contributed by atoms with van der Waals surface area (Å²) in [6.45, 7) is 6.23. The van der Waals surface area contributed by atoms with Gasteiger partial charge in [-0.3, -0.25) is 4.99 Å². The van der Waals surface area contributed by atoms with Crippen LogP contribution in [0.4, 0.5) is 0 Å². The lowest BCUT2D eigenvalue weighted by molar-refractivity contribution is 0.150. The molecule has 3 aliphatic rings. The fraction of sp³-hybridized carbons (Fsp3) is 0.773. The summed E-state index contributed by atoms with van der Waals surface area (Å²) >= 11 is 0. The van der Waals surface area contributed by atoms with Crippen LogP contribution in [-0.2, 0) is 11.2 Å². The average molecular weight is 389 g/mol. The Morgan fingerprint density at radius 2 is 1.86 bits per heavy atom. The molecule has 1 aromatic rings. The molecule has 0 spiro atoms. The SMILES string of the molecule is c1coc(CCN=C(NC2CCCC2)NC2CCN(CC3CCOC3)CC2)c1. The quantitative estimate of drug-likeness (QED) is 0.556. The van der Waals surface area contributed by atoms with E-state index in [1.165, 1.54) is 64.6 Å². The Kier molecular flexibility index (Phi) is 7.28. The number of nitrogens with zero attached hydrogens (tertiary/aromatic N) is 2. The number of aliphatic imine (C=N–C) groups is 1. The van der Waals surface area contributed by atoms with Crippen molar-refractivity contribution < 1.29 is 9.15 Å². The first kappa shape index (κ1) is 19.8. The first-order chi connectivity index (χ1) is 13.8. The Morgan fingerprint density at radius 1 is 1.07 bits per heavy atom. The third-order valence-electron chi connectivity index (χ3n) is 6.37. The lowest BCUT2D eigenvalue weighted by Gasteiger charge is -2.34. The summed E-state index contributed by atoms with van der Waals surface area (Å²) in [5, 5.41) is 7.43. The van der Waals surface area contributed by atoms with E-state index >= 15 is 0 Å². The van der Waals surface area contributed by atoms with E-state index < -0.39 is 0 Å². The van der Waals surface area contributed by atoms with Crippen molar-refractivity contribution in [2.75, 3.05) is 39.4 Å². The van der Waals surface area contributed by atoms with Gasteiger partial charge in [0.1, 0.15) is 5.76 Å². The predicted molar refractivity (Wildman–Crippen MR) is 112 cm³/mol. The minimum Gasteiger partial charge on any atom is -0.469 e. The molecule has 6 nitrogen and oxygen atoms in total. The first-order valence-electron chi connectivity index (χ1n) is 11.2. The van der Waals surface area contributed by atoms with Gasteiger partial charge < -0.3 is 24.7 Å². The fourth-order valence-electron chi connectivity index (χ4n) is 4.67. The summed E-state index contributed by atoms with van der Waals surface area (Å²) in [6.07, 6.45) is 11.4. The van der Waals surface area contributed by atoms with Crippen molar-refractivity contribution in [2.24, 2.45) is 10.9 Å². The second-order valence-corrected chi connectivity index (χ2v) is 8.63. The minimum atomic E-state index is 0.521. The molecule has 3 fully saturated rings. The van der Waals surface area contributed by atoms with Gasteiger partial charge in [0, 0.05) is 51.3 Å². The maximum Gasteiger partial charge on any atom is 0.191 e. The largest absolute Gasteiger partial charge is 0.469 e. The molecule has 1 aliphatic carbocycles. The zero-order valence-electron chi connectivity index (χ0n) is 17.1. The van der Waals surface area contributed by atoms with Crippen LogP contribution in [0.15, 0.2) is 27.8 Å². The van der Waals surface area contributed by atoms with Gasteiger partial charge in [0.2, 0.25) is 0 Å². The molecule has 2 N–H and O–H groups in total. The maximum atomic E-state index is 5.53. The smallest absolute Gasteiger partial charge is 0.191 e. The second-order valence-electron chi connectivity index (χ2n) is 8.63. The lowest BCUT2D eigenvalue weighted by atomic mass is 10.0. The van der Waals surface area contributed by atoms with Crippen molar-refractivity contribution >= 4 is 5.96 Å². The molecule has 1 aromatic heterocycles. The van der Waals surface area contributed by atoms with Gasteiger partial charge in [-0.05, 0) is 50.2 Å². The van der Waals surface area contributed by atoms with Gasteiger partial charge >= 0.3 is 0 Å². The van der Waals surface area contributed by atoms with E-state index in [4.69, 9.17) is 14.1 Å². The summed E-state index contributed by atoms with van der Waals surface area (Å²) in [6, 6.07) is 5.07. The van der Waals surface area contributed by atoms with Crippen LogP contribution in [0.1, 0.15) is 50.7 Å². The molecule has 156 valence electrons. The van der Waals surface area contributed by atoms with Crippen LogP contribution in [0.3, 0.4) is 0 Å². The number of hydrogen-bond donors (Lipinski definition) is 2. The molecule has 2 aliphatic heterocycles. The fourth-order valence-corrected chi connectivity index (χ4v) is 4.67. The van der Waals surface area contributed by atoms with Crippen molar-refractivity contribution in [3.63, 3.8) is 0 Å². The van der Waals surface area contributed by atoms with E-state index in [2.05, 4.69) is 15.5 Å². The summed E-state index contributed by atoms with van der Waals surface area (Å²) in [5.74, 6) is 2.75. The summed E-state index contributed by atoms with van der Waals surface area (Å²) < 4.78 is 11.0. The Hall–Kier alpha value is -1.53. The topological polar surface area (TPSA) is 62.0 Å². The van der Waals surface area contributed by atoms with E-state index in [1.807, 2.05) is 12.1 Å². The third-order valence-corrected chi connectivity index (χ3v) is 6.37. The molecule has 0 bridgehead atoms. The number of likely N-dealkylation sites (tertiary alicyclic amines) is 1. The molecule has 4 rings (SSSR count). The normalized spacial score (nSPS) is 25.4. The van der Waals surface area contributed by atoms with E-state index in [-0.39, 0.29) is 0 Å². The van der Waals surface area contributed by atoms with E-state index in [9.17, 15) is 0 Å². The number of nitrogens with one attached hydrogen (secondary N) is 2. The van der Waals surface area contributed by atoms with Gasteiger partial charge in [0.25, 0.3) is 0 Å². The van der Waals surface area contributed by atoms with Gasteiger partial charge in [-0.15, -0.1) is 0 Å². The van der Waals surface area contributed by atoms with Crippen molar-refractivity contribution in [1.29, 1.82) is 0 Å². The number of ether oxygens (including phenoxy) is 1. The van der Waals surface area contributed by atoms with Crippen LogP contribution in [0.2, 0.25) is 0 Å². The zero-order valence-corrected chi connectivity index (χ0v) is 17.1. The summed E-state index contributed by atoms with van der Waals surface area (Å²) in [4.78, 5) is 7.48. The van der Waals surface area contributed by atoms with E-state index in [0.29, 0.717) is 12.1 Å². The van der Waals surface area contributed by atoms with Gasteiger partial charge in [0.15, 0.2) is 5.96 Å². The molecule has 0 aromatic carbocycles. The van der Waals surface area contributed by atoms with Crippen molar-refractivity contribution in [3.8, 4) is 0 Å². The Labute approximate surface area is 169 Å². The molecule has 28 heavy (non-hydrogen) atoms. The highest BCUT2D eigenvalue weighted by Crippen LogP contribution is 2.19. The minimum absolute atomic E-state index is 0.521. The predicted octanol–water partition coefficient (Wildman–Crippen LogP) is 2.80. The van der Waals surface area contributed by atoms with Crippen LogP contribution < -0.4 is 10.6 Å². The highest BCUT2D eigenvalue weighted by molar-refractivity contribution is 5.80. The summed E-state index contributed by atoms with van der Waals surface area (Å²) in [5.41, 5.74) is 0. The number of rotatable bonds is 7. The van der Waals surface area contributed by atoms with Crippen LogP contribution in [0.5, 0.6) is 0 Å². The van der Waals surface area contributed by atoms with Crippen molar-refractivity contribution in [3.05, 3.63) is 24.2 Å². The van der Waals surface area contributed by atoms with Gasteiger partial charge in [-0.25, -0.2) is 0 Å². The number of hydrogen-bond acceptors (Lipinski definition) is 4. The van der Waals surface area contributed by atoms with Gasteiger partial charge in [-0.1, -0.05) is 12.8 Å². The maximum absolute atomic E-state index is 5.53. The van der Waals surface area contributed by atoms with Crippen LogP contribution in [0.25, 0.3) is 0 Å². The van der Waals surface area contributed by atoms with Gasteiger partial charge in [-0.2, -0.15) is 0 Å². The Bertz CT molecular complexity index is 584. The van der Waals surface area contributed by atoms with E-state index in [1.54, 1.807) is 6.26 Å². The highest BCUT2D eigenvalue weighted by atomic mass is 16.5. The van der Waals surface area contributed by atoms with Crippen molar-refractivity contribution in [1.82, 2.24) is 15.5 Å². The lowest BCUT2D eigenvalue weighted by Crippen LogP contribution is -2.51. The monoisotopic (exact) mass is 388 g/mol. The van der Waals surface area contributed by atoms with Gasteiger partial charge in [0.05, 0.1) is 12.9 Å².